The van der Waals surface area contributed by atoms with Gasteiger partial charge < -0.3 is 24.4 Å². The summed E-state index contributed by atoms with van der Waals surface area (Å²) in [6.45, 7) is 1.96. The van der Waals surface area contributed by atoms with Crippen molar-refractivity contribution in [3.8, 4) is 11.5 Å². The molecule has 0 saturated heterocycles. The van der Waals surface area contributed by atoms with Gasteiger partial charge in [-0.05, 0) is 48.4 Å². The average Bonchev–Trinajstić information content (AvgIpc) is 3.64. The molecular formula is C28H29N3O5S. The maximum Gasteiger partial charge on any atom is 0.338 e. The summed E-state index contributed by atoms with van der Waals surface area (Å²) in [5, 5.41) is 5.70. The fourth-order valence-electron chi connectivity index (χ4n) is 4.44. The zero-order valence-corrected chi connectivity index (χ0v) is 21.8. The number of rotatable bonds is 9. The number of nitrogens with zero attached hydrogens (tertiary/aromatic N) is 2. The number of ether oxygens (including phenoxy) is 3. The van der Waals surface area contributed by atoms with Crippen LogP contribution in [0.5, 0.6) is 11.5 Å². The summed E-state index contributed by atoms with van der Waals surface area (Å²) in [5.41, 5.74) is 3.47. The van der Waals surface area contributed by atoms with Gasteiger partial charge in [-0.3, -0.25) is 4.79 Å². The average molecular weight is 520 g/mol. The molecule has 1 fully saturated rings. The molecule has 5 rings (SSSR count). The summed E-state index contributed by atoms with van der Waals surface area (Å²) in [6, 6.07) is 14.8. The van der Waals surface area contributed by atoms with E-state index in [1.54, 1.807) is 14.2 Å². The van der Waals surface area contributed by atoms with Crippen LogP contribution in [0.15, 0.2) is 75.9 Å². The molecule has 1 amide bonds. The van der Waals surface area contributed by atoms with E-state index in [4.69, 9.17) is 19.2 Å². The molecule has 37 heavy (non-hydrogen) atoms. The Kier molecular flexibility index (Phi) is 7.23. The number of amides is 1. The van der Waals surface area contributed by atoms with E-state index in [1.807, 2.05) is 65.8 Å². The SMILES string of the molecule is COc1ccc([C@H]2C(C(=O)OCc3ccccc3)=C(C)N=C3SC=C(CC(=O)NC4CC4)N32)cc1OC. The van der Waals surface area contributed by atoms with E-state index >= 15 is 0 Å². The number of methoxy groups -OCH3 is 2. The molecule has 0 radical (unpaired) electrons. The van der Waals surface area contributed by atoms with Crippen LogP contribution >= 0.6 is 11.8 Å². The van der Waals surface area contributed by atoms with Crippen molar-refractivity contribution in [2.75, 3.05) is 14.2 Å². The van der Waals surface area contributed by atoms with Gasteiger partial charge >= 0.3 is 5.97 Å². The van der Waals surface area contributed by atoms with E-state index < -0.39 is 12.0 Å². The van der Waals surface area contributed by atoms with Crippen LogP contribution in [0.25, 0.3) is 0 Å². The van der Waals surface area contributed by atoms with Gasteiger partial charge in [0.2, 0.25) is 5.91 Å². The molecule has 2 aliphatic heterocycles. The molecule has 2 aromatic rings. The molecule has 2 aromatic carbocycles. The lowest BCUT2D eigenvalue weighted by Crippen LogP contribution is -2.38. The van der Waals surface area contributed by atoms with Gasteiger partial charge in [0.1, 0.15) is 6.61 Å². The standard InChI is InChI=1S/C28H29N3O5S/c1-17-25(27(33)36-15-18-7-5-4-6-8-18)26(19-9-12-22(34-2)23(13-19)35-3)31-21(16-37-28(31)29-17)14-24(32)30-20-10-11-20/h4-9,12-13,16,20,26H,10-11,14-15H2,1-3H3,(H,30,32)/t26-/m0/s1. The lowest BCUT2D eigenvalue weighted by atomic mass is 9.93. The Morgan fingerprint density at radius 1 is 1.08 bits per heavy atom. The summed E-state index contributed by atoms with van der Waals surface area (Å²) < 4.78 is 16.8. The third-order valence-corrected chi connectivity index (χ3v) is 7.33. The highest BCUT2D eigenvalue weighted by Gasteiger charge is 2.41. The normalized spacial score (nSPS) is 18.6. The second-order valence-corrected chi connectivity index (χ2v) is 9.92. The van der Waals surface area contributed by atoms with E-state index in [0.717, 1.165) is 29.7 Å². The number of carbonyl (C=O) groups excluding carboxylic acids is 2. The third-order valence-electron chi connectivity index (χ3n) is 6.44. The Hall–Kier alpha value is -3.72. The Balaban J connectivity index is 1.50. The van der Waals surface area contributed by atoms with E-state index in [2.05, 4.69) is 5.32 Å². The fourth-order valence-corrected chi connectivity index (χ4v) is 5.41. The lowest BCUT2D eigenvalue weighted by Gasteiger charge is -2.36. The molecular weight excluding hydrogens is 490 g/mol. The number of thioether (sulfide) groups is 1. The molecule has 3 aliphatic rings. The molecule has 1 N–H and O–H groups in total. The van der Waals surface area contributed by atoms with Crippen LogP contribution in [-0.4, -0.2) is 42.2 Å². The molecule has 192 valence electrons. The first kappa shape index (κ1) is 25.0. The van der Waals surface area contributed by atoms with Crippen molar-refractivity contribution in [3.05, 3.63) is 82.0 Å². The van der Waals surface area contributed by atoms with Crippen molar-refractivity contribution in [1.82, 2.24) is 10.2 Å². The van der Waals surface area contributed by atoms with Gasteiger partial charge in [-0.1, -0.05) is 48.2 Å². The van der Waals surface area contributed by atoms with Crippen LogP contribution < -0.4 is 14.8 Å². The highest BCUT2D eigenvalue weighted by Crippen LogP contribution is 2.46. The molecule has 0 aromatic heterocycles. The predicted octanol–water partition coefficient (Wildman–Crippen LogP) is 4.69. The van der Waals surface area contributed by atoms with Gasteiger partial charge in [0.25, 0.3) is 0 Å². The fraction of sp³-hybridized carbons (Fsp3) is 0.321. The first-order valence-corrected chi connectivity index (χ1v) is 13.0. The number of aliphatic imine (C=N–C) groups is 1. The molecule has 1 atom stereocenters. The predicted molar refractivity (Wildman–Crippen MR) is 142 cm³/mol. The van der Waals surface area contributed by atoms with Gasteiger partial charge in [0, 0.05) is 11.7 Å². The maximum absolute atomic E-state index is 13.6. The van der Waals surface area contributed by atoms with E-state index in [-0.39, 0.29) is 25.0 Å². The van der Waals surface area contributed by atoms with Crippen molar-refractivity contribution in [1.29, 1.82) is 0 Å². The van der Waals surface area contributed by atoms with Gasteiger partial charge in [-0.25, -0.2) is 9.79 Å². The largest absolute Gasteiger partial charge is 0.493 e. The van der Waals surface area contributed by atoms with Gasteiger partial charge in [0.15, 0.2) is 16.7 Å². The Labute approximate surface area is 220 Å². The Morgan fingerprint density at radius 3 is 2.54 bits per heavy atom. The Bertz CT molecular complexity index is 1300. The summed E-state index contributed by atoms with van der Waals surface area (Å²) in [5.74, 6) is 0.631. The molecule has 0 bridgehead atoms. The first-order chi connectivity index (χ1) is 18.0. The van der Waals surface area contributed by atoms with Crippen LogP contribution in [0.1, 0.15) is 43.4 Å². The Morgan fingerprint density at radius 2 is 1.84 bits per heavy atom. The molecule has 2 heterocycles. The molecule has 8 nitrogen and oxygen atoms in total. The minimum Gasteiger partial charge on any atom is -0.493 e. The number of allylic oxidation sites excluding steroid dienone is 1. The maximum atomic E-state index is 13.6. The highest BCUT2D eigenvalue weighted by molar-refractivity contribution is 8.16. The van der Waals surface area contributed by atoms with E-state index in [1.165, 1.54) is 11.8 Å². The lowest BCUT2D eigenvalue weighted by molar-refractivity contribution is -0.141. The monoisotopic (exact) mass is 519 g/mol. The van der Waals surface area contributed by atoms with Crippen LogP contribution in [-0.2, 0) is 20.9 Å². The molecule has 1 saturated carbocycles. The smallest absolute Gasteiger partial charge is 0.338 e. The molecule has 9 heteroatoms. The summed E-state index contributed by atoms with van der Waals surface area (Å²) in [4.78, 5) is 33.0. The first-order valence-electron chi connectivity index (χ1n) is 12.1. The number of hydrogen-bond acceptors (Lipinski definition) is 8. The minimum absolute atomic E-state index is 0.0406. The van der Waals surface area contributed by atoms with E-state index in [0.29, 0.717) is 27.9 Å². The van der Waals surface area contributed by atoms with Gasteiger partial charge in [0.05, 0.1) is 38.0 Å². The number of fused-ring (bicyclic) bond motifs is 1. The summed E-state index contributed by atoms with van der Waals surface area (Å²) in [7, 11) is 3.15. The zero-order chi connectivity index (χ0) is 25.9. The molecule has 1 aliphatic carbocycles. The van der Waals surface area contributed by atoms with Crippen LogP contribution in [0.2, 0.25) is 0 Å². The van der Waals surface area contributed by atoms with Crippen molar-refractivity contribution in [3.63, 3.8) is 0 Å². The minimum atomic E-state index is -0.550. The zero-order valence-electron chi connectivity index (χ0n) is 21.0. The van der Waals surface area contributed by atoms with Crippen molar-refractivity contribution in [2.24, 2.45) is 4.99 Å². The van der Waals surface area contributed by atoms with Crippen molar-refractivity contribution >= 4 is 28.8 Å². The van der Waals surface area contributed by atoms with Gasteiger partial charge in [-0.2, -0.15) is 0 Å². The number of carbonyl (C=O) groups is 2. The topological polar surface area (TPSA) is 89.5 Å². The summed E-state index contributed by atoms with van der Waals surface area (Å²) >= 11 is 1.45. The van der Waals surface area contributed by atoms with Crippen LogP contribution in [0, 0.1) is 0 Å². The van der Waals surface area contributed by atoms with Gasteiger partial charge in [-0.15, -0.1) is 0 Å². The molecule has 0 unspecified atom stereocenters. The summed E-state index contributed by atoms with van der Waals surface area (Å²) in [6.07, 6.45) is 2.23. The van der Waals surface area contributed by atoms with Crippen LogP contribution in [0.3, 0.4) is 0 Å². The number of benzene rings is 2. The second kappa shape index (κ2) is 10.7. The molecule has 0 spiro atoms. The number of amidine groups is 1. The van der Waals surface area contributed by atoms with Crippen LogP contribution in [0.4, 0.5) is 0 Å². The number of hydrogen-bond donors (Lipinski definition) is 1. The number of esters is 1. The second-order valence-electron chi connectivity index (χ2n) is 9.09. The van der Waals surface area contributed by atoms with Crippen molar-refractivity contribution < 1.29 is 23.8 Å². The van der Waals surface area contributed by atoms with E-state index in [9.17, 15) is 9.59 Å². The highest BCUT2D eigenvalue weighted by atomic mass is 32.2. The van der Waals surface area contributed by atoms with Crippen molar-refractivity contribution in [2.45, 2.75) is 44.9 Å². The third kappa shape index (κ3) is 5.36. The quantitative estimate of drug-likeness (QED) is 0.481. The number of nitrogens with one attached hydrogen (secondary N) is 1.